The van der Waals surface area contributed by atoms with Crippen LogP contribution in [0, 0.1) is 5.82 Å². The lowest BCUT2D eigenvalue weighted by atomic mass is 10.2. The van der Waals surface area contributed by atoms with E-state index in [0.29, 0.717) is 22.4 Å². The molecule has 3 aromatic rings. The third-order valence-corrected chi connectivity index (χ3v) is 3.63. The van der Waals surface area contributed by atoms with Crippen molar-refractivity contribution in [1.29, 1.82) is 0 Å². The third kappa shape index (κ3) is 4.05. The maximum Gasteiger partial charge on any atom is 0.422 e. The van der Waals surface area contributed by atoms with Crippen LogP contribution in [0.3, 0.4) is 0 Å². The number of fused-ring (bicyclic) bond motifs is 1. The summed E-state index contributed by atoms with van der Waals surface area (Å²) in [6.07, 6.45) is -3.26. The molecule has 26 heavy (non-hydrogen) atoms. The molecular formula is C16H11ClF4N4O. The number of anilines is 3. The van der Waals surface area contributed by atoms with Gasteiger partial charge in [0.05, 0.1) is 16.2 Å². The maximum absolute atomic E-state index is 13.2. The highest BCUT2D eigenvalue weighted by molar-refractivity contribution is 6.31. The van der Waals surface area contributed by atoms with E-state index in [4.69, 9.17) is 22.1 Å². The number of ether oxygens (including phenoxy) is 1. The van der Waals surface area contributed by atoms with Gasteiger partial charge in [0, 0.05) is 17.1 Å². The Balaban J connectivity index is 1.94. The van der Waals surface area contributed by atoms with Gasteiger partial charge in [0.25, 0.3) is 0 Å². The monoisotopic (exact) mass is 386 g/mol. The van der Waals surface area contributed by atoms with Crippen molar-refractivity contribution in [3.8, 4) is 5.75 Å². The number of nitrogens with one attached hydrogen (secondary N) is 1. The topological polar surface area (TPSA) is 73.1 Å². The molecule has 1 heterocycles. The lowest BCUT2D eigenvalue weighted by molar-refractivity contribution is -0.153. The number of nitrogen functional groups attached to an aromatic ring is 1. The van der Waals surface area contributed by atoms with Crippen LogP contribution in [-0.4, -0.2) is 22.8 Å². The van der Waals surface area contributed by atoms with Gasteiger partial charge >= 0.3 is 6.18 Å². The molecular weight excluding hydrogens is 376 g/mol. The minimum atomic E-state index is -4.48. The summed E-state index contributed by atoms with van der Waals surface area (Å²) in [7, 11) is 0. The second-order valence-electron chi connectivity index (χ2n) is 5.29. The van der Waals surface area contributed by atoms with E-state index < -0.39 is 18.6 Å². The van der Waals surface area contributed by atoms with Gasteiger partial charge in [-0.05, 0) is 24.3 Å². The molecule has 1 aromatic heterocycles. The first-order valence-electron chi connectivity index (χ1n) is 7.19. The van der Waals surface area contributed by atoms with Gasteiger partial charge in [-0.15, -0.1) is 0 Å². The summed E-state index contributed by atoms with van der Waals surface area (Å²) < 4.78 is 54.9. The van der Waals surface area contributed by atoms with E-state index in [1.165, 1.54) is 36.7 Å². The smallest absolute Gasteiger partial charge is 0.422 e. The number of benzene rings is 2. The second kappa shape index (κ2) is 6.83. The van der Waals surface area contributed by atoms with Gasteiger partial charge in [-0.1, -0.05) is 11.6 Å². The largest absolute Gasteiger partial charge is 0.482 e. The standard InChI is InChI=1S/C16H11ClF4N4O/c17-10-3-8(1-2-11(10)18)25-15-9-4-12(22)14(26-6-16(19,20)21)5-13(9)23-7-24-15/h1-5,7H,6,22H2,(H,23,24,25). The molecule has 0 amide bonds. The van der Waals surface area contributed by atoms with E-state index >= 15 is 0 Å². The third-order valence-electron chi connectivity index (χ3n) is 3.34. The van der Waals surface area contributed by atoms with Gasteiger partial charge in [-0.3, -0.25) is 0 Å². The number of nitrogens with zero attached hydrogens (tertiary/aromatic N) is 2. The number of halogens is 5. The number of rotatable bonds is 4. The Kier molecular flexibility index (Phi) is 4.73. The fourth-order valence-corrected chi connectivity index (χ4v) is 2.38. The summed E-state index contributed by atoms with van der Waals surface area (Å²) in [4.78, 5) is 8.08. The van der Waals surface area contributed by atoms with E-state index in [1.54, 1.807) is 0 Å². The van der Waals surface area contributed by atoms with Crippen LogP contribution in [0.2, 0.25) is 5.02 Å². The molecule has 2 aromatic carbocycles. The van der Waals surface area contributed by atoms with Crippen LogP contribution >= 0.6 is 11.6 Å². The SMILES string of the molecule is Nc1cc2c(Nc3ccc(F)c(Cl)c3)ncnc2cc1OCC(F)(F)F. The van der Waals surface area contributed by atoms with Crippen LogP contribution in [0.1, 0.15) is 0 Å². The first-order valence-corrected chi connectivity index (χ1v) is 7.56. The average Bonchev–Trinajstić information content (AvgIpc) is 2.56. The van der Waals surface area contributed by atoms with E-state index in [0.717, 1.165) is 0 Å². The maximum atomic E-state index is 13.2. The number of hydrogen-bond acceptors (Lipinski definition) is 5. The van der Waals surface area contributed by atoms with Crippen molar-refractivity contribution in [2.45, 2.75) is 6.18 Å². The van der Waals surface area contributed by atoms with Crippen LogP contribution in [-0.2, 0) is 0 Å². The van der Waals surface area contributed by atoms with Crippen LogP contribution < -0.4 is 15.8 Å². The van der Waals surface area contributed by atoms with Gasteiger partial charge in [-0.25, -0.2) is 14.4 Å². The fraction of sp³-hybridized carbons (Fsp3) is 0.125. The lowest BCUT2D eigenvalue weighted by Gasteiger charge is -2.13. The van der Waals surface area contributed by atoms with Gasteiger partial charge < -0.3 is 15.8 Å². The molecule has 0 saturated heterocycles. The van der Waals surface area contributed by atoms with Gasteiger partial charge in [0.2, 0.25) is 0 Å². The Labute approximate surface area is 149 Å². The minimum Gasteiger partial charge on any atom is -0.482 e. The summed E-state index contributed by atoms with van der Waals surface area (Å²) >= 11 is 5.74. The molecule has 0 fully saturated rings. The summed E-state index contributed by atoms with van der Waals surface area (Å²) in [6.45, 7) is -1.47. The zero-order valence-electron chi connectivity index (χ0n) is 12.9. The first-order chi connectivity index (χ1) is 12.2. The van der Waals surface area contributed by atoms with Gasteiger partial charge in [-0.2, -0.15) is 13.2 Å². The molecule has 0 radical (unpaired) electrons. The van der Waals surface area contributed by atoms with Crippen molar-refractivity contribution in [2.24, 2.45) is 0 Å². The molecule has 0 spiro atoms. The molecule has 0 aliphatic rings. The number of aromatic nitrogens is 2. The predicted molar refractivity (Wildman–Crippen MR) is 90.2 cm³/mol. The molecule has 0 aliphatic carbocycles. The van der Waals surface area contributed by atoms with Crippen LogP contribution in [0.15, 0.2) is 36.7 Å². The zero-order valence-corrected chi connectivity index (χ0v) is 13.7. The summed E-state index contributed by atoms with van der Waals surface area (Å²) in [5, 5.41) is 3.31. The number of alkyl halides is 3. The van der Waals surface area contributed by atoms with Crippen LogP contribution in [0.4, 0.5) is 34.8 Å². The van der Waals surface area contributed by atoms with Crippen LogP contribution in [0.5, 0.6) is 5.75 Å². The second-order valence-corrected chi connectivity index (χ2v) is 5.69. The van der Waals surface area contributed by atoms with Crippen molar-refractivity contribution >= 4 is 39.7 Å². The Bertz CT molecular complexity index is 965. The normalized spacial score (nSPS) is 11.6. The average molecular weight is 387 g/mol. The molecule has 3 N–H and O–H groups in total. The van der Waals surface area contributed by atoms with E-state index in [2.05, 4.69) is 15.3 Å². The summed E-state index contributed by atoms with van der Waals surface area (Å²) in [6, 6.07) is 6.70. The highest BCUT2D eigenvalue weighted by Crippen LogP contribution is 2.32. The van der Waals surface area contributed by atoms with E-state index in [-0.39, 0.29) is 16.5 Å². The van der Waals surface area contributed by atoms with E-state index in [9.17, 15) is 17.6 Å². The Morgan fingerprint density at radius 1 is 1.15 bits per heavy atom. The minimum absolute atomic E-state index is 0.00302. The first kappa shape index (κ1) is 18.0. The number of hydrogen-bond donors (Lipinski definition) is 2. The molecule has 10 heteroatoms. The summed E-state index contributed by atoms with van der Waals surface area (Å²) in [5.41, 5.74) is 6.56. The highest BCUT2D eigenvalue weighted by Gasteiger charge is 2.28. The van der Waals surface area contributed by atoms with Crippen molar-refractivity contribution in [1.82, 2.24) is 9.97 Å². The summed E-state index contributed by atoms with van der Waals surface area (Å²) in [5.74, 6) is -0.378. The molecule has 0 unspecified atom stereocenters. The van der Waals surface area contributed by atoms with Crippen molar-refractivity contribution in [3.05, 3.63) is 47.5 Å². The zero-order chi connectivity index (χ0) is 18.9. The van der Waals surface area contributed by atoms with Crippen molar-refractivity contribution < 1.29 is 22.3 Å². The Hall–Kier alpha value is -2.81. The Morgan fingerprint density at radius 3 is 2.62 bits per heavy atom. The molecule has 136 valence electrons. The number of nitrogens with two attached hydrogens (primary N) is 1. The van der Waals surface area contributed by atoms with Crippen LogP contribution in [0.25, 0.3) is 10.9 Å². The highest BCUT2D eigenvalue weighted by atomic mass is 35.5. The molecule has 0 saturated carbocycles. The molecule has 3 rings (SSSR count). The quantitative estimate of drug-likeness (QED) is 0.502. The van der Waals surface area contributed by atoms with Crippen molar-refractivity contribution in [2.75, 3.05) is 17.7 Å². The van der Waals surface area contributed by atoms with E-state index in [1.807, 2.05) is 0 Å². The molecule has 0 bridgehead atoms. The molecule has 0 atom stereocenters. The van der Waals surface area contributed by atoms with Crippen molar-refractivity contribution in [3.63, 3.8) is 0 Å². The lowest BCUT2D eigenvalue weighted by Crippen LogP contribution is -2.19. The van der Waals surface area contributed by atoms with Gasteiger partial charge in [0.1, 0.15) is 23.7 Å². The fourth-order valence-electron chi connectivity index (χ4n) is 2.20. The Morgan fingerprint density at radius 2 is 1.92 bits per heavy atom. The predicted octanol–water partition coefficient (Wildman–Crippen LogP) is 4.69. The molecule has 0 aliphatic heterocycles. The molecule has 5 nitrogen and oxygen atoms in total. The van der Waals surface area contributed by atoms with Gasteiger partial charge in [0.15, 0.2) is 6.61 Å².